The van der Waals surface area contributed by atoms with Crippen LogP contribution in [0.5, 0.6) is 0 Å². The third-order valence-corrected chi connectivity index (χ3v) is 5.34. The first kappa shape index (κ1) is 15.1. The molecule has 0 saturated carbocycles. The average Bonchev–Trinajstić information content (AvgIpc) is 3.23. The molecule has 24 heavy (non-hydrogen) atoms. The van der Waals surface area contributed by atoms with Crippen molar-refractivity contribution in [2.24, 2.45) is 0 Å². The lowest BCUT2D eigenvalue weighted by atomic mass is 9.87. The van der Waals surface area contributed by atoms with Crippen molar-refractivity contribution in [1.29, 1.82) is 0 Å². The van der Waals surface area contributed by atoms with E-state index in [0.717, 1.165) is 29.2 Å². The normalized spacial score (nSPS) is 16.8. The smallest absolute Gasteiger partial charge is 0.226 e. The molecule has 0 saturated heterocycles. The second kappa shape index (κ2) is 5.91. The summed E-state index contributed by atoms with van der Waals surface area (Å²) in [7, 11) is 0. The van der Waals surface area contributed by atoms with Crippen molar-refractivity contribution in [3.05, 3.63) is 63.5 Å². The number of benzene rings is 1. The molecule has 3 heterocycles. The molecule has 5 heteroatoms. The van der Waals surface area contributed by atoms with Gasteiger partial charge in [0.1, 0.15) is 5.82 Å². The number of hydrogen-bond acceptors (Lipinski definition) is 3. The maximum Gasteiger partial charge on any atom is 0.226 e. The van der Waals surface area contributed by atoms with E-state index in [1.165, 1.54) is 11.1 Å². The van der Waals surface area contributed by atoms with E-state index < -0.39 is 0 Å². The van der Waals surface area contributed by atoms with Crippen molar-refractivity contribution >= 4 is 23.1 Å². The number of aromatic nitrogens is 2. The Bertz CT molecular complexity index is 878. The molecular weight excluding hydrogens is 318 g/mol. The maximum absolute atomic E-state index is 12.3. The van der Waals surface area contributed by atoms with Gasteiger partial charge >= 0.3 is 0 Å². The number of carbonyl (C=O) groups is 1. The quantitative estimate of drug-likeness (QED) is 0.775. The zero-order chi connectivity index (χ0) is 16.7. The third-order valence-electron chi connectivity index (χ3n) is 4.64. The van der Waals surface area contributed by atoms with Crippen LogP contribution < -0.4 is 5.32 Å². The highest BCUT2D eigenvalue weighted by molar-refractivity contribution is 7.08. The van der Waals surface area contributed by atoms with Crippen molar-refractivity contribution in [1.82, 2.24) is 9.78 Å². The molecule has 1 amide bonds. The number of carbonyl (C=O) groups excluding carboxylic acids is 1. The SMILES string of the molecule is CCc1ccc(-n2nc(C)c3c2NC(=O)C[C@@H]3c2ccsc2)cc1. The Kier molecular flexibility index (Phi) is 3.73. The Hall–Kier alpha value is -2.40. The first-order chi connectivity index (χ1) is 11.7. The maximum atomic E-state index is 12.3. The van der Waals surface area contributed by atoms with Crippen molar-refractivity contribution in [2.75, 3.05) is 5.32 Å². The lowest BCUT2D eigenvalue weighted by Gasteiger charge is -2.23. The summed E-state index contributed by atoms with van der Waals surface area (Å²) in [4.78, 5) is 12.3. The Morgan fingerprint density at radius 2 is 2.08 bits per heavy atom. The van der Waals surface area contributed by atoms with Gasteiger partial charge in [-0.2, -0.15) is 16.4 Å². The molecule has 2 aromatic heterocycles. The van der Waals surface area contributed by atoms with Crippen molar-refractivity contribution < 1.29 is 4.79 Å². The Labute approximate surface area is 145 Å². The molecule has 0 aliphatic carbocycles. The molecule has 0 unspecified atom stereocenters. The van der Waals surface area contributed by atoms with E-state index in [1.807, 2.05) is 11.6 Å². The predicted molar refractivity (Wildman–Crippen MR) is 97.1 cm³/mol. The molecule has 1 aliphatic heterocycles. The molecule has 122 valence electrons. The Balaban J connectivity index is 1.84. The van der Waals surface area contributed by atoms with Crippen LogP contribution in [0.1, 0.15) is 41.6 Å². The lowest BCUT2D eigenvalue weighted by molar-refractivity contribution is -0.116. The summed E-state index contributed by atoms with van der Waals surface area (Å²) < 4.78 is 1.86. The van der Waals surface area contributed by atoms with Crippen LogP contribution in [0, 0.1) is 6.92 Å². The number of amides is 1. The fraction of sp³-hybridized carbons (Fsp3) is 0.263. The van der Waals surface area contributed by atoms with Gasteiger partial charge in [0.05, 0.1) is 11.4 Å². The van der Waals surface area contributed by atoms with Gasteiger partial charge in [-0.3, -0.25) is 4.79 Å². The molecule has 0 radical (unpaired) electrons. The number of anilines is 1. The van der Waals surface area contributed by atoms with E-state index in [2.05, 4.69) is 53.3 Å². The number of nitrogens with one attached hydrogen (secondary N) is 1. The van der Waals surface area contributed by atoms with Crippen LogP contribution in [0.25, 0.3) is 5.69 Å². The number of rotatable bonds is 3. The van der Waals surface area contributed by atoms with Crippen LogP contribution in [0.4, 0.5) is 5.82 Å². The third kappa shape index (κ3) is 2.45. The van der Waals surface area contributed by atoms with Crippen molar-refractivity contribution in [3.63, 3.8) is 0 Å². The topological polar surface area (TPSA) is 46.9 Å². The molecule has 4 rings (SSSR count). The predicted octanol–water partition coefficient (Wildman–Crippen LogP) is 4.28. The molecule has 3 aromatic rings. The molecule has 0 spiro atoms. The van der Waals surface area contributed by atoms with Crippen LogP contribution in [-0.2, 0) is 11.2 Å². The minimum absolute atomic E-state index is 0.0463. The highest BCUT2D eigenvalue weighted by Crippen LogP contribution is 2.40. The molecule has 4 nitrogen and oxygen atoms in total. The number of nitrogens with zero attached hydrogens (tertiary/aromatic N) is 2. The van der Waals surface area contributed by atoms with E-state index in [-0.39, 0.29) is 11.8 Å². The van der Waals surface area contributed by atoms with E-state index in [9.17, 15) is 4.79 Å². The molecule has 1 atom stereocenters. The monoisotopic (exact) mass is 337 g/mol. The van der Waals surface area contributed by atoms with E-state index >= 15 is 0 Å². The largest absolute Gasteiger partial charge is 0.310 e. The van der Waals surface area contributed by atoms with Gasteiger partial charge in [-0.05, 0) is 53.4 Å². The first-order valence-corrected chi connectivity index (χ1v) is 9.12. The average molecular weight is 337 g/mol. The molecule has 1 aliphatic rings. The van der Waals surface area contributed by atoms with Crippen molar-refractivity contribution in [2.45, 2.75) is 32.6 Å². The molecule has 1 aromatic carbocycles. The summed E-state index contributed by atoms with van der Waals surface area (Å²) in [5, 5.41) is 11.9. The minimum Gasteiger partial charge on any atom is -0.310 e. The molecule has 0 bridgehead atoms. The summed E-state index contributed by atoms with van der Waals surface area (Å²) in [5.74, 6) is 0.942. The highest BCUT2D eigenvalue weighted by Gasteiger charge is 2.32. The Morgan fingerprint density at radius 1 is 1.29 bits per heavy atom. The zero-order valence-corrected chi connectivity index (χ0v) is 14.6. The van der Waals surface area contributed by atoms with E-state index in [0.29, 0.717) is 6.42 Å². The van der Waals surface area contributed by atoms with Crippen LogP contribution >= 0.6 is 11.3 Å². The van der Waals surface area contributed by atoms with Crippen molar-refractivity contribution in [3.8, 4) is 5.69 Å². The number of fused-ring (bicyclic) bond motifs is 1. The number of thiophene rings is 1. The van der Waals surface area contributed by atoms with Gasteiger partial charge in [-0.25, -0.2) is 4.68 Å². The zero-order valence-electron chi connectivity index (χ0n) is 13.7. The number of aryl methyl sites for hydroxylation is 2. The second-order valence-electron chi connectivity index (χ2n) is 6.14. The van der Waals surface area contributed by atoms with Crippen LogP contribution in [0.2, 0.25) is 0 Å². The van der Waals surface area contributed by atoms with Crippen LogP contribution in [0.3, 0.4) is 0 Å². The van der Waals surface area contributed by atoms with Gasteiger partial charge in [-0.15, -0.1) is 0 Å². The van der Waals surface area contributed by atoms with Gasteiger partial charge in [0, 0.05) is 17.9 Å². The molecule has 0 fully saturated rings. The van der Waals surface area contributed by atoms with Crippen LogP contribution in [0.15, 0.2) is 41.1 Å². The van der Waals surface area contributed by atoms with Crippen LogP contribution in [-0.4, -0.2) is 15.7 Å². The van der Waals surface area contributed by atoms with E-state index in [1.54, 1.807) is 11.3 Å². The summed E-state index contributed by atoms with van der Waals surface area (Å²) >= 11 is 1.66. The number of hydrogen-bond donors (Lipinski definition) is 1. The van der Waals surface area contributed by atoms with Gasteiger partial charge in [0.25, 0.3) is 0 Å². The van der Waals surface area contributed by atoms with Gasteiger partial charge in [0.15, 0.2) is 0 Å². The van der Waals surface area contributed by atoms with E-state index in [4.69, 9.17) is 5.10 Å². The second-order valence-corrected chi connectivity index (χ2v) is 6.92. The van der Waals surface area contributed by atoms with Gasteiger partial charge in [-0.1, -0.05) is 19.1 Å². The van der Waals surface area contributed by atoms with Gasteiger partial charge < -0.3 is 5.32 Å². The summed E-state index contributed by atoms with van der Waals surface area (Å²) in [6.45, 7) is 4.16. The summed E-state index contributed by atoms with van der Waals surface area (Å²) in [6.07, 6.45) is 1.48. The fourth-order valence-corrected chi connectivity index (χ4v) is 4.08. The minimum atomic E-state index is 0.0463. The highest BCUT2D eigenvalue weighted by atomic mass is 32.1. The molecular formula is C19H19N3OS. The Morgan fingerprint density at radius 3 is 2.75 bits per heavy atom. The first-order valence-electron chi connectivity index (χ1n) is 8.18. The molecule has 1 N–H and O–H groups in total. The summed E-state index contributed by atoms with van der Waals surface area (Å²) in [5.41, 5.74) is 5.56. The standard InChI is InChI=1S/C19H19N3OS/c1-3-13-4-6-15(7-5-13)22-19-18(12(2)21-22)16(10-17(23)20-19)14-8-9-24-11-14/h4-9,11,16H,3,10H2,1-2H3,(H,20,23)/t16-/m1/s1. The fourth-order valence-electron chi connectivity index (χ4n) is 3.36. The lowest BCUT2D eigenvalue weighted by Crippen LogP contribution is -2.24. The van der Waals surface area contributed by atoms with Gasteiger partial charge in [0.2, 0.25) is 5.91 Å². The summed E-state index contributed by atoms with van der Waals surface area (Å²) in [6, 6.07) is 10.4.